The standard InChI is InChI=1S/C21H17N3O3S/c25-20(22-14-7-8-17-18(12-14)27-10-9-26-17)13-24-16-5-2-1-4-15(16)23-21(24)19-6-3-11-28-19/h1-8,11-12H,9-10,13H2,(H,22,25). The molecule has 1 aliphatic heterocycles. The number of carbonyl (C=O) groups is 1. The Kier molecular flexibility index (Phi) is 4.21. The van der Waals surface area contributed by atoms with Crippen molar-refractivity contribution in [3.05, 3.63) is 60.0 Å². The Hall–Kier alpha value is -3.32. The molecule has 0 fully saturated rings. The monoisotopic (exact) mass is 391 g/mol. The van der Waals surface area contributed by atoms with Gasteiger partial charge in [0, 0.05) is 11.8 Å². The number of nitrogens with zero attached hydrogens (tertiary/aromatic N) is 2. The van der Waals surface area contributed by atoms with Crippen molar-refractivity contribution in [2.75, 3.05) is 18.5 Å². The van der Waals surface area contributed by atoms with Crippen LogP contribution < -0.4 is 14.8 Å². The fourth-order valence-electron chi connectivity index (χ4n) is 3.29. The van der Waals surface area contributed by atoms with E-state index >= 15 is 0 Å². The number of anilines is 1. The van der Waals surface area contributed by atoms with E-state index < -0.39 is 0 Å². The fourth-order valence-corrected chi connectivity index (χ4v) is 4.02. The lowest BCUT2D eigenvalue weighted by molar-refractivity contribution is -0.116. The van der Waals surface area contributed by atoms with E-state index in [1.165, 1.54) is 0 Å². The molecule has 0 saturated heterocycles. The summed E-state index contributed by atoms with van der Waals surface area (Å²) >= 11 is 1.61. The number of amides is 1. The van der Waals surface area contributed by atoms with E-state index in [2.05, 4.69) is 5.32 Å². The largest absolute Gasteiger partial charge is 0.486 e. The zero-order chi connectivity index (χ0) is 18.9. The summed E-state index contributed by atoms with van der Waals surface area (Å²) in [6.45, 7) is 1.22. The van der Waals surface area contributed by atoms with Gasteiger partial charge in [0.05, 0.1) is 15.9 Å². The van der Waals surface area contributed by atoms with Gasteiger partial charge < -0.3 is 19.4 Å². The highest BCUT2D eigenvalue weighted by Crippen LogP contribution is 2.33. The van der Waals surface area contributed by atoms with E-state index in [1.54, 1.807) is 17.4 Å². The SMILES string of the molecule is O=C(Cn1c(-c2cccs2)nc2ccccc21)Nc1ccc2c(c1)OCCO2. The number of nitrogens with one attached hydrogen (secondary N) is 1. The van der Waals surface area contributed by atoms with Crippen molar-refractivity contribution in [2.45, 2.75) is 6.54 Å². The van der Waals surface area contributed by atoms with Gasteiger partial charge in [-0.3, -0.25) is 4.79 Å². The molecule has 2 aromatic heterocycles. The molecule has 1 aliphatic rings. The number of ether oxygens (including phenoxy) is 2. The van der Waals surface area contributed by atoms with Crippen molar-refractivity contribution in [1.82, 2.24) is 9.55 Å². The zero-order valence-electron chi connectivity index (χ0n) is 14.9. The van der Waals surface area contributed by atoms with Crippen LogP contribution in [0.3, 0.4) is 0 Å². The van der Waals surface area contributed by atoms with Gasteiger partial charge in [-0.25, -0.2) is 4.98 Å². The van der Waals surface area contributed by atoms with E-state index in [1.807, 2.05) is 58.5 Å². The van der Waals surface area contributed by atoms with E-state index in [4.69, 9.17) is 14.5 Å². The van der Waals surface area contributed by atoms with E-state index in [9.17, 15) is 4.79 Å². The molecule has 140 valence electrons. The first-order valence-corrected chi connectivity index (χ1v) is 9.84. The van der Waals surface area contributed by atoms with Crippen molar-refractivity contribution >= 4 is 34.0 Å². The smallest absolute Gasteiger partial charge is 0.244 e. The molecule has 1 amide bonds. The maximum atomic E-state index is 12.8. The second-order valence-electron chi connectivity index (χ2n) is 6.39. The summed E-state index contributed by atoms with van der Waals surface area (Å²) in [5.74, 6) is 2.02. The molecule has 4 aromatic rings. The molecule has 1 N–H and O–H groups in total. The van der Waals surface area contributed by atoms with Crippen molar-refractivity contribution in [1.29, 1.82) is 0 Å². The van der Waals surface area contributed by atoms with Crippen LogP contribution in [-0.4, -0.2) is 28.7 Å². The fraction of sp³-hybridized carbons (Fsp3) is 0.143. The minimum absolute atomic E-state index is 0.127. The lowest BCUT2D eigenvalue weighted by Crippen LogP contribution is -2.20. The minimum atomic E-state index is -0.127. The number of para-hydroxylation sites is 2. The third-order valence-corrected chi connectivity index (χ3v) is 5.39. The number of rotatable bonds is 4. The molecule has 0 bridgehead atoms. The van der Waals surface area contributed by atoms with E-state index in [-0.39, 0.29) is 12.5 Å². The van der Waals surface area contributed by atoms with E-state index in [0.717, 1.165) is 21.7 Å². The third kappa shape index (κ3) is 3.10. The first-order chi connectivity index (χ1) is 13.8. The Morgan fingerprint density at radius 1 is 1.07 bits per heavy atom. The molecule has 0 unspecified atom stereocenters. The van der Waals surface area contributed by atoms with Crippen molar-refractivity contribution in [3.8, 4) is 22.2 Å². The number of thiophene rings is 1. The normalized spacial score (nSPS) is 12.9. The van der Waals surface area contributed by atoms with Crippen LogP contribution in [0.5, 0.6) is 11.5 Å². The summed E-state index contributed by atoms with van der Waals surface area (Å²) in [5, 5.41) is 4.96. The Balaban J connectivity index is 1.43. The molecule has 0 aliphatic carbocycles. The first kappa shape index (κ1) is 16.8. The highest BCUT2D eigenvalue weighted by molar-refractivity contribution is 7.13. The lowest BCUT2D eigenvalue weighted by atomic mass is 10.2. The molecule has 28 heavy (non-hydrogen) atoms. The number of fused-ring (bicyclic) bond motifs is 2. The number of imidazole rings is 1. The minimum Gasteiger partial charge on any atom is -0.486 e. The van der Waals surface area contributed by atoms with Crippen molar-refractivity contribution in [3.63, 3.8) is 0 Å². The maximum absolute atomic E-state index is 12.8. The molecular formula is C21H17N3O3S. The maximum Gasteiger partial charge on any atom is 0.244 e. The summed E-state index contributed by atoms with van der Waals surface area (Å²) in [4.78, 5) is 18.5. The lowest BCUT2D eigenvalue weighted by Gasteiger charge is -2.19. The van der Waals surface area contributed by atoms with Gasteiger partial charge in [-0.2, -0.15) is 0 Å². The van der Waals surface area contributed by atoms with Gasteiger partial charge in [-0.15, -0.1) is 11.3 Å². The summed E-state index contributed by atoms with van der Waals surface area (Å²) in [6.07, 6.45) is 0. The first-order valence-electron chi connectivity index (χ1n) is 8.96. The van der Waals surface area contributed by atoms with Gasteiger partial charge >= 0.3 is 0 Å². The van der Waals surface area contributed by atoms with Crippen LogP contribution in [0.25, 0.3) is 21.7 Å². The number of benzene rings is 2. The number of carbonyl (C=O) groups excluding carboxylic acids is 1. The highest BCUT2D eigenvalue weighted by atomic mass is 32.1. The average Bonchev–Trinajstić information content (AvgIpc) is 3.36. The average molecular weight is 391 g/mol. The Morgan fingerprint density at radius 3 is 2.79 bits per heavy atom. The molecule has 0 radical (unpaired) electrons. The zero-order valence-corrected chi connectivity index (χ0v) is 15.7. The molecule has 0 saturated carbocycles. The highest BCUT2D eigenvalue weighted by Gasteiger charge is 2.17. The van der Waals surface area contributed by atoms with Crippen LogP contribution in [0.2, 0.25) is 0 Å². The van der Waals surface area contributed by atoms with Gasteiger partial charge in [0.25, 0.3) is 0 Å². The summed E-state index contributed by atoms with van der Waals surface area (Å²) in [5.41, 5.74) is 2.48. The Morgan fingerprint density at radius 2 is 1.93 bits per heavy atom. The van der Waals surface area contributed by atoms with Crippen LogP contribution in [0, 0.1) is 0 Å². The molecular weight excluding hydrogens is 374 g/mol. The predicted molar refractivity (Wildman–Crippen MR) is 109 cm³/mol. The molecule has 0 atom stereocenters. The second-order valence-corrected chi connectivity index (χ2v) is 7.34. The van der Waals surface area contributed by atoms with Crippen LogP contribution in [-0.2, 0) is 11.3 Å². The van der Waals surface area contributed by atoms with Gasteiger partial charge in [-0.1, -0.05) is 18.2 Å². The quantitative estimate of drug-likeness (QED) is 0.567. The summed E-state index contributed by atoms with van der Waals surface area (Å²) in [7, 11) is 0. The number of hydrogen-bond donors (Lipinski definition) is 1. The van der Waals surface area contributed by atoms with E-state index in [0.29, 0.717) is 30.4 Å². The number of hydrogen-bond acceptors (Lipinski definition) is 5. The number of aromatic nitrogens is 2. The Labute approximate surface area is 165 Å². The molecule has 2 aromatic carbocycles. The molecule has 7 heteroatoms. The molecule has 3 heterocycles. The van der Waals surface area contributed by atoms with Crippen LogP contribution >= 0.6 is 11.3 Å². The second kappa shape index (κ2) is 7.01. The third-order valence-electron chi connectivity index (χ3n) is 4.52. The predicted octanol–water partition coefficient (Wildman–Crippen LogP) is 4.17. The van der Waals surface area contributed by atoms with Crippen molar-refractivity contribution < 1.29 is 14.3 Å². The molecule has 6 nitrogen and oxygen atoms in total. The van der Waals surface area contributed by atoms with Crippen LogP contribution in [0.4, 0.5) is 5.69 Å². The topological polar surface area (TPSA) is 65.4 Å². The van der Waals surface area contributed by atoms with Gasteiger partial charge in [0.1, 0.15) is 19.8 Å². The van der Waals surface area contributed by atoms with Gasteiger partial charge in [-0.05, 0) is 35.7 Å². The Bertz CT molecular complexity index is 1150. The van der Waals surface area contributed by atoms with Gasteiger partial charge in [0.15, 0.2) is 17.3 Å². The molecule has 5 rings (SSSR count). The van der Waals surface area contributed by atoms with Crippen molar-refractivity contribution in [2.24, 2.45) is 0 Å². The van der Waals surface area contributed by atoms with Crippen LogP contribution in [0.15, 0.2) is 60.0 Å². The van der Waals surface area contributed by atoms with Crippen LogP contribution in [0.1, 0.15) is 0 Å². The summed E-state index contributed by atoms with van der Waals surface area (Å²) < 4.78 is 13.1. The summed E-state index contributed by atoms with van der Waals surface area (Å²) in [6, 6.07) is 17.3. The molecule has 0 spiro atoms. The van der Waals surface area contributed by atoms with Gasteiger partial charge in [0.2, 0.25) is 5.91 Å².